The molecule has 0 aliphatic heterocycles. The van der Waals surface area contributed by atoms with Crippen molar-refractivity contribution in [2.24, 2.45) is 0 Å². The average Bonchev–Trinajstić information content (AvgIpc) is 1.57. The standard InChI is InChI=1S/C98H54N10S5/c1-6-24-55(25-7-1)60-34-20-35-63(52-60)94-104-93(59-32-14-5-15-33-59)107-98(108-94)71-40-23-45-77-82(71)83-72(96-99-84(56-26-8-2-9-27-56)89-86(102-96)67-36-16-18-41-73(67)111-89)51-50-64(88(83)113-77)61-46-48-65-66-49-47-62(54-79(66)110-78(65)53-61)85-90-87(68-37-17-19-42-74(68)112-90)101-95(100-85)69-38-21-43-75-80(69)81-70(39-22-44-76(81)109-75)97-105-91(57-28-10-3-11-29-57)103-92(106-97)58-30-12-4-13-31-58/h1-54H. The van der Waals surface area contributed by atoms with Crippen LogP contribution in [0.4, 0.5) is 0 Å². The summed E-state index contributed by atoms with van der Waals surface area (Å²) < 4.78 is 11.2. The largest absolute Gasteiger partial charge is 0.226 e. The molecular weight excluding hydrogens is 1480 g/mol. The van der Waals surface area contributed by atoms with E-state index in [2.05, 4.69) is 267 Å². The van der Waals surface area contributed by atoms with Gasteiger partial charge in [-0.15, -0.1) is 56.7 Å². The first-order chi connectivity index (χ1) is 56.0. The summed E-state index contributed by atoms with van der Waals surface area (Å²) in [6.07, 6.45) is 0. The predicted octanol–water partition coefficient (Wildman–Crippen LogP) is 27.5. The topological polar surface area (TPSA) is 129 Å². The zero-order valence-electron chi connectivity index (χ0n) is 59.7. The highest BCUT2D eigenvalue weighted by Crippen LogP contribution is 2.52. The van der Waals surface area contributed by atoms with Crippen LogP contribution < -0.4 is 0 Å². The van der Waals surface area contributed by atoms with E-state index in [9.17, 15) is 0 Å². The first-order valence-corrected chi connectivity index (χ1v) is 41.2. The van der Waals surface area contributed by atoms with Crippen molar-refractivity contribution in [3.63, 3.8) is 0 Å². The average molecular weight is 1530 g/mol. The molecule has 0 fully saturated rings. The Balaban J connectivity index is 0.696. The zero-order chi connectivity index (χ0) is 74.2. The van der Waals surface area contributed by atoms with Gasteiger partial charge < -0.3 is 0 Å². The lowest BCUT2D eigenvalue weighted by atomic mass is 9.95. The van der Waals surface area contributed by atoms with Gasteiger partial charge >= 0.3 is 0 Å². The second-order valence-corrected chi connectivity index (χ2v) is 33.3. The van der Waals surface area contributed by atoms with E-state index in [4.69, 9.17) is 49.8 Å². The molecule has 23 aromatic rings. The summed E-state index contributed by atoms with van der Waals surface area (Å²) in [4.78, 5) is 54.5. The van der Waals surface area contributed by atoms with E-state index in [0.717, 1.165) is 175 Å². The molecule has 0 N–H and O–H groups in total. The highest BCUT2D eigenvalue weighted by Gasteiger charge is 2.28. The minimum absolute atomic E-state index is 0.568. The first-order valence-electron chi connectivity index (χ1n) is 37.2. The number of thiophene rings is 5. The summed E-state index contributed by atoms with van der Waals surface area (Å²) in [6, 6.07) is 115. The number of hydrogen-bond acceptors (Lipinski definition) is 15. The Bertz CT molecular complexity index is 7760. The van der Waals surface area contributed by atoms with Crippen LogP contribution >= 0.6 is 56.7 Å². The van der Waals surface area contributed by atoms with E-state index >= 15 is 0 Å². The van der Waals surface area contributed by atoms with Crippen molar-refractivity contribution in [3.05, 3.63) is 328 Å². The van der Waals surface area contributed by atoms with Crippen molar-refractivity contribution in [2.45, 2.75) is 0 Å². The van der Waals surface area contributed by atoms with Gasteiger partial charge in [-0.1, -0.05) is 273 Å². The van der Waals surface area contributed by atoms with Crippen LogP contribution in [-0.2, 0) is 0 Å². The highest BCUT2D eigenvalue weighted by molar-refractivity contribution is 7.28. The van der Waals surface area contributed by atoms with Crippen LogP contribution in [0.1, 0.15) is 0 Å². The van der Waals surface area contributed by atoms with Gasteiger partial charge in [0, 0.05) is 136 Å². The van der Waals surface area contributed by atoms with Gasteiger partial charge in [-0.05, 0) is 76.9 Å². The molecule has 0 atom stereocenters. The van der Waals surface area contributed by atoms with Crippen LogP contribution in [-0.4, -0.2) is 49.8 Å². The van der Waals surface area contributed by atoms with E-state index in [1.807, 2.05) is 72.0 Å². The van der Waals surface area contributed by atoms with Crippen molar-refractivity contribution in [1.29, 1.82) is 0 Å². The van der Waals surface area contributed by atoms with Gasteiger partial charge in [0.15, 0.2) is 46.6 Å². The molecule has 9 heterocycles. The maximum absolute atomic E-state index is 5.74. The van der Waals surface area contributed by atoms with Crippen LogP contribution in [0, 0.1) is 0 Å². The van der Waals surface area contributed by atoms with Crippen molar-refractivity contribution < 1.29 is 0 Å². The molecule has 0 spiro atoms. The Morgan fingerprint density at radius 3 is 1.03 bits per heavy atom. The van der Waals surface area contributed by atoms with E-state index in [1.165, 1.54) is 15.5 Å². The molecule has 526 valence electrons. The number of fused-ring (bicyclic) bond motifs is 15. The lowest BCUT2D eigenvalue weighted by Gasteiger charge is -2.13. The monoisotopic (exact) mass is 1530 g/mol. The van der Waals surface area contributed by atoms with E-state index in [1.54, 1.807) is 45.3 Å². The Hall–Kier alpha value is -13.6. The molecule has 0 aliphatic rings. The fraction of sp³-hybridized carbons (Fsp3) is 0. The third-order valence-electron chi connectivity index (χ3n) is 21.3. The van der Waals surface area contributed by atoms with E-state index in [0.29, 0.717) is 46.6 Å². The summed E-state index contributed by atoms with van der Waals surface area (Å²) in [5.41, 5.74) is 17.3. The molecule has 14 aromatic carbocycles. The lowest BCUT2D eigenvalue weighted by molar-refractivity contribution is 1.08. The van der Waals surface area contributed by atoms with Gasteiger partial charge in [-0.3, -0.25) is 0 Å². The SMILES string of the molecule is c1ccc(-c2cccc(-c3nc(-c4ccccc4)nc(-c4cccc5sc6c(-c7ccc8c(c7)sc7cc(-c9nc(-c%10cccc%11sc%12cccc(-c%13nc(-c%14ccccc%14)nc(-c%14ccccc%14)n%13)c%12c%10%11)nc%10c9sc9ccccc9%10)ccc78)ccc(-c7nc(-c8ccccc8)c8sc9ccccc9c8n7)c6c45)n3)c2)cc1. The van der Waals surface area contributed by atoms with Crippen LogP contribution in [0.15, 0.2) is 328 Å². The lowest BCUT2D eigenvalue weighted by Crippen LogP contribution is -2.00. The van der Waals surface area contributed by atoms with Crippen LogP contribution in [0.2, 0.25) is 0 Å². The zero-order valence-corrected chi connectivity index (χ0v) is 63.8. The molecule has 10 nitrogen and oxygen atoms in total. The molecule has 113 heavy (non-hydrogen) atoms. The Morgan fingerprint density at radius 2 is 0.504 bits per heavy atom. The molecule has 0 aliphatic carbocycles. The van der Waals surface area contributed by atoms with Gasteiger partial charge in [0.1, 0.15) is 0 Å². The maximum Gasteiger partial charge on any atom is 0.164 e. The van der Waals surface area contributed by atoms with E-state index in [-0.39, 0.29) is 0 Å². The molecule has 9 aromatic heterocycles. The van der Waals surface area contributed by atoms with Crippen molar-refractivity contribution in [2.75, 3.05) is 0 Å². The first kappa shape index (κ1) is 65.3. The van der Waals surface area contributed by atoms with Crippen molar-refractivity contribution in [3.8, 4) is 136 Å². The Morgan fingerprint density at radius 1 is 0.159 bits per heavy atom. The number of rotatable bonds is 12. The normalized spacial score (nSPS) is 11.9. The number of aromatic nitrogens is 10. The molecular formula is C98H54N10S5. The molecule has 0 radical (unpaired) electrons. The molecule has 0 saturated heterocycles. The quantitative estimate of drug-likeness (QED) is 0.117. The predicted molar refractivity (Wildman–Crippen MR) is 474 cm³/mol. The fourth-order valence-corrected chi connectivity index (χ4v) is 21.9. The second-order valence-electron chi connectivity index (χ2n) is 28.0. The van der Waals surface area contributed by atoms with E-state index < -0.39 is 0 Å². The highest BCUT2D eigenvalue weighted by atomic mass is 32.1. The van der Waals surface area contributed by atoms with Gasteiger partial charge in [0.2, 0.25) is 0 Å². The minimum atomic E-state index is 0.568. The summed E-state index contributed by atoms with van der Waals surface area (Å²) in [7, 11) is 0. The van der Waals surface area contributed by atoms with Gasteiger partial charge in [0.25, 0.3) is 0 Å². The summed E-state index contributed by atoms with van der Waals surface area (Å²) in [6.45, 7) is 0. The molecule has 0 bridgehead atoms. The molecule has 0 amide bonds. The maximum atomic E-state index is 5.74. The third-order valence-corrected chi connectivity index (χ3v) is 27.0. The fourth-order valence-electron chi connectivity index (χ4n) is 16.0. The Labute approximate surface area is 665 Å². The number of hydrogen-bond donors (Lipinski definition) is 0. The molecule has 15 heteroatoms. The second kappa shape index (κ2) is 26.6. The van der Waals surface area contributed by atoms with Crippen LogP contribution in [0.25, 0.3) is 237 Å². The van der Waals surface area contributed by atoms with Crippen LogP contribution in [0.5, 0.6) is 0 Å². The molecule has 0 unspecified atom stereocenters. The van der Waals surface area contributed by atoms with Crippen molar-refractivity contribution >= 4 is 158 Å². The summed E-state index contributed by atoms with van der Waals surface area (Å²) >= 11 is 8.84. The molecule has 0 saturated carbocycles. The number of benzene rings is 14. The summed E-state index contributed by atoms with van der Waals surface area (Å²) in [5.74, 6) is 4.84. The van der Waals surface area contributed by atoms with Gasteiger partial charge in [0.05, 0.1) is 31.8 Å². The summed E-state index contributed by atoms with van der Waals surface area (Å²) in [5, 5.41) is 8.73. The molecule has 23 rings (SSSR count). The van der Waals surface area contributed by atoms with Gasteiger partial charge in [-0.25, -0.2) is 49.8 Å². The Kier molecular flexibility index (Phi) is 15.3. The minimum Gasteiger partial charge on any atom is -0.226 e. The van der Waals surface area contributed by atoms with Gasteiger partial charge in [-0.2, -0.15) is 0 Å². The smallest absolute Gasteiger partial charge is 0.164 e. The number of nitrogens with zero attached hydrogens (tertiary/aromatic N) is 10. The van der Waals surface area contributed by atoms with Crippen molar-refractivity contribution in [1.82, 2.24) is 49.8 Å². The third kappa shape index (κ3) is 11.1. The van der Waals surface area contributed by atoms with Crippen LogP contribution in [0.3, 0.4) is 0 Å².